The summed E-state index contributed by atoms with van der Waals surface area (Å²) in [4.78, 5) is 0. The van der Waals surface area contributed by atoms with Crippen LogP contribution in [0.5, 0.6) is 11.5 Å². The monoisotopic (exact) mass is 335 g/mol. The zero-order chi connectivity index (χ0) is 12.8. The van der Waals surface area contributed by atoms with E-state index in [2.05, 4.69) is 22.5 Å². The standard InChI is InChI=1S/C13H18BrNO2.ClH/c1-4-5-6-10(15)9-7-11(16-2)13(14)12(8-9)17-3;/h4,7-8,10H,1,5-6,15H2,2-3H3;1H/t10-;/m0./s1. The maximum atomic E-state index is 6.10. The molecule has 1 rings (SSSR count). The molecule has 0 aliphatic carbocycles. The predicted octanol–water partition coefficient (Wildman–Crippen LogP) is 3.85. The van der Waals surface area contributed by atoms with Gasteiger partial charge in [0.05, 0.1) is 14.2 Å². The highest BCUT2D eigenvalue weighted by Crippen LogP contribution is 2.37. The molecular formula is C13H19BrClNO2. The SMILES string of the molecule is C=CCC[C@H](N)c1cc(OC)c(Br)c(OC)c1.Cl. The largest absolute Gasteiger partial charge is 0.495 e. The van der Waals surface area contributed by atoms with Crippen LogP contribution in [-0.4, -0.2) is 14.2 Å². The number of halogens is 2. The lowest BCUT2D eigenvalue weighted by Crippen LogP contribution is -2.10. The smallest absolute Gasteiger partial charge is 0.137 e. The second-order valence-corrected chi connectivity index (χ2v) is 4.50. The molecule has 5 heteroatoms. The van der Waals surface area contributed by atoms with Gasteiger partial charge in [-0.25, -0.2) is 0 Å². The molecule has 0 radical (unpaired) electrons. The molecule has 1 aromatic carbocycles. The van der Waals surface area contributed by atoms with E-state index in [4.69, 9.17) is 15.2 Å². The van der Waals surface area contributed by atoms with E-state index >= 15 is 0 Å². The normalized spacial score (nSPS) is 11.3. The van der Waals surface area contributed by atoms with Crippen LogP contribution in [0.4, 0.5) is 0 Å². The Balaban J connectivity index is 0.00000289. The number of nitrogens with two attached hydrogens (primary N) is 1. The molecule has 0 bridgehead atoms. The van der Waals surface area contributed by atoms with E-state index in [0.29, 0.717) is 0 Å². The molecule has 3 nitrogen and oxygen atoms in total. The number of rotatable bonds is 6. The summed E-state index contributed by atoms with van der Waals surface area (Å²) in [6, 6.07) is 3.82. The van der Waals surface area contributed by atoms with Gasteiger partial charge in [-0.3, -0.25) is 0 Å². The maximum absolute atomic E-state index is 6.10. The van der Waals surface area contributed by atoms with Gasteiger partial charge in [0.15, 0.2) is 0 Å². The fourth-order valence-corrected chi connectivity index (χ4v) is 2.12. The Bertz CT molecular complexity index is 374. The first kappa shape index (κ1) is 17.3. The molecule has 102 valence electrons. The highest BCUT2D eigenvalue weighted by atomic mass is 79.9. The van der Waals surface area contributed by atoms with Gasteiger partial charge in [0.2, 0.25) is 0 Å². The highest BCUT2D eigenvalue weighted by Gasteiger charge is 2.13. The van der Waals surface area contributed by atoms with Gasteiger partial charge < -0.3 is 15.2 Å². The Labute approximate surface area is 123 Å². The number of hydrogen-bond acceptors (Lipinski definition) is 3. The molecule has 1 atom stereocenters. The van der Waals surface area contributed by atoms with Gasteiger partial charge in [-0.15, -0.1) is 19.0 Å². The first-order valence-electron chi connectivity index (χ1n) is 5.42. The molecule has 0 saturated heterocycles. The van der Waals surface area contributed by atoms with Gasteiger partial charge in [-0.2, -0.15) is 0 Å². The summed E-state index contributed by atoms with van der Waals surface area (Å²) in [5.41, 5.74) is 7.11. The van der Waals surface area contributed by atoms with Crippen LogP contribution in [0.15, 0.2) is 29.3 Å². The van der Waals surface area contributed by atoms with E-state index < -0.39 is 0 Å². The molecule has 0 aromatic heterocycles. The molecular weight excluding hydrogens is 318 g/mol. The number of methoxy groups -OCH3 is 2. The Kier molecular flexibility index (Phi) is 8.07. The highest BCUT2D eigenvalue weighted by molar-refractivity contribution is 9.10. The average molecular weight is 337 g/mol. The summed E-state index contributed by atoms with van der Waals surface area (Å²) < 4.78 is 11.4. The van der Waals surface area contributed by atoms with Crippen molar-refractivity contribution >= 4 is 28.3 Å². The second kappa shape index (κ2) is 8.40. The van der Waals surface area contributed by atoms with Crippen LogP contribution in [-0.2, 0) is 0 Å². The van der Waals surface area contributed by atoms with Crippen molar-refractivity contribution in [2.75, 3.05) is 14.2 Å². The van der Waals surface area contributed by atoms with Crippen molar-refractivity contribution in [3.63, 3.8) is 0 Å². The number of hydrogen-bond donors (Lipinski definition) is 1. The number of benzene rings is 1. The van der Waals surface area contributed by atoms with E-state index in [1.165, 1.54) is 0 Å². The van der Waals surface area contributed by atoms with Crippen molar-refractivity contribution in [1.29, 1.82) is 0 Å². The lowest BCUT2D eigenvalue weighted by Gasteiger charge is -2.15. The molecule has 0 unspecified atom stereocenters. The molecule has 1 aromatic rings. The molecule has 0 spiro atoms. The van der Waals surface area contributed by atoms with E-state index in [9.17, 15) is 0 Å². The molecule has 0 fully saturated rings. The predicted molar refractivity (Wildman–Crippen MR) is 80.9 cm³/mol. The Morgan fingerprint density at radius 1 is 1.33 bits per heavy atom. The third-order valence-corrected chi connectivity index (χ3v) is 3.36. The summed E-state index contributed by atoms with van der Waals surface area (Å²) in [6.45, 7) is 3.70. The van der Waals surface area contributed by atoms with Crippen LogP contribution in [0.1, 0.15) is 24.4 Å². The summed E-state index contributed by atoms with van der Waals surface area (Å²) in [6.07, 6.45) is 3.62. The summed E-state index contributed by atoms with van der Waals surface area (Å²) >= 11 is 3.43. The fraction of sp³-hybridized carbons (Fsp3) is 0.385. The molecule has 0 heterocycles. The van der Waals surface area contributed by atoms with Gasteiger partial charge >= 0.3 is 0 Å². The van der Waals surface area contributed by atoms with E-state index in [1.807, 2.05) is 18.2 Å². The Hall–Kier alpha value is -0.710. The second-order valence-electron chi connectivity index (χ2n) is 3.71. The topological polar surface area (TPSA) is 44.5 Å². The fourth-order valence-electron chi connectivity index (χ4n) is 1.57. The summed E-state index contributed by atoms with van der Waals surface area (Å²) in [7, 11) is 3.25. The van der Waals surface area contributed by atoms with Gasteiger partial charge in [-0.1, -0.05) is 6.08 Å². The van der Waals surface area contributed by atoms with Crippen LogP contribution < -0.4 is 15.2 Å². The first-order chi connectivity index (χ1) is 8.13. The van der Waals surface area contributed by atoms with E-state index in [-0.39, 0.29) is 18.4 Å². The Morgan fingerprint density at radius 2 is 1.83 bits per heavy atom. The van der Waals surface area contributed by atoms with Crippen molar-refractivity contribution in [2.24, 2.45) is 5.73 Å². The van der Waals surface area contributed by atoms with Crippen molar-refractivity contribution in [3.8, 4) is 11.5 Å². The van der Waals surface area contributed by atoms with Gasteiger partial charge in [0.1, 0.15) is 16.0 Å². The van der Waals surface area contributed by atoms with Crippen molar-refractivity contribution < 1.29 is 9.47 Å². The quantitative estimate of drug-likeness (QED) is 0.802. The van der Waals surface area contributed by atoms with Crippen molar-refractivity contribution in [1.82, 2.24) is 0 Å². The molecule has 0 amide bonds. The number of allylic oxidation sites excluding steroid dienone is 1. The van der Waals surface area contributed by atoms with Crippen molar-refractivity contribution in [3.05, 3.63) is 34.8 Å². The lowest BCUT2D eigenvalue weighted by atomic mass is 10.0. The van der Waals surface area contributed by atoms with Crippen LogP contribution in [0.2, 0.25) is 0 Å². The molecule has 0 aliphatic rings. The summed E-state index contributed by atoms with van der Waals surface area (Å²) in [5.74, 6) is 1.46. The molecule has 2 N–H and O–H groups in total. The van der Waals surface area contributed by atoms with Gasteiger partial charge in [0, 0.05) is 6.04 Å². The maximum Gasteiger partial charge on any atom is 0.137 e. The third-order valence-electron chi connectivity index (χ3n) is 2.58. The minimum atomic E-state index is -0.0381. The summed E-state index contributed by atoms with van der Waals surface area (Å²) in [5, 5.41) is 0. The first-order valence-corrected chi connectivity index (χ1v) is 6.21. The van der Waals surface area contributed by atoms with Crippen LogP contribution in [0.25, 0.3) is 0 Å². The minimum absolute atomic E-state index is 0. The molecule has 0 aliphatic heterocycles. The molecule has 18 heavy (non-hydrogen) atoms. The Morgan fingerprint density at radius 3 is 2.22 bits per heavy atom. The lowest BCUT2D eigenvalue weighted by molar-refractivity contribution is 0.387. The minimum Gasteiger partial charge on any atom is -0.495 e. The van der Waals surface area contributed by atoms with Crippen molar-refractivity contribution in [2.45, 2.75) is 18.9 Å². The van der Waals surface area contributed by atoms with Crippen LogP contribution in [0, 0.1) is 0 Å². The number of ether oxygens (including phenoxy) is 2. The third kappa shape index (κ3) is 4.19. The van der Waals surface area contributed by atoms with E-state index in [0.717, 1.165) is 34.4 Å². The average Bonchev–Trinajstić information content (AvgIpc) is 2.36. The van der Waals surface area contributed by atoms with E-state index in [1.54, 1.807) is 14.2 Å². The molecule has 0 saturated carbocycles. The van der Waals surface area contributed by atoms with Crippen LogP contribution in [0.3, 0.4) is 0 Å². The zero-order valence-electron chi connectivity index (χ0n) is 10.6. The van der Waals surface area contributed by atoms with Gasteiger partial charge in [-0.05, 0) is 46.5 Å². The van der Waals surface area contributed by atoms with Gasteiger partial charge in [0.25, 0.3) is 0 Å². The van der Waals surface area contributed by atoms with Crippen LogP contribution >= 0.6 is 28.3 Å². The zero-order valence-corrected chi connectivity index (χ0v) is 13.0.